The lowest BCUT2D eigenvalue weighted by molar-refractivity contribution is 0.127. The van der Waals surface area contributed by atoms with Crippen molar-refractivity contribution in [2.75, 3.05) is 53.5 Å². The van der Waals surface area contributed by atoms with Gasteiger partial charge in [0.25, 0.3) is 5.56 Å². The lowest BCUT2D eigenvalue weighted by Gasteiger charge is -2.35. The van der Waals surface area contributed by atoms with Crippen LogP contribution in [0.2, 0.25) is 0 Å². The zero-order valence-electron chi connectivity index (χ0n) is 19.3. The summed E-state index contributed by atoms with van der Waals surface area (Å²) in [7, 11) is 3.17. The van der Waals surface area contributed by atoms with Crippen LogP contribution < -0.4 is 15.0 Å². The summed E-state index contributed by atoms with van der Waals surface area (Å²) < 4.78 is 12.6. The number of rotatable bonds is 8. The molecule has 0 N–H and O–H groups in total. The fraction of sp³-hybridized carbons (Fsp3) is 0.652. The molecular formula is C23H36N4O3. The summed E-state index contributed by atoms with van der Waals surface area (Å²) >= 11 is 0. The van der Waals surface area contributed by atoms with Crippen molar-refractivity contribution in [3.8, 4) is 11.5 Å². The van der Waals surface area contributed by atoms with Gasteiger partial charge in [-0.3, -0.25) is 9.36 Å². The molecule has 2 aromatic rings. The molecule has 2 heterocycles. The third-order valence-electron chi connectivity index (χ3n) is 6.03. The van der Waals surface area contributed by atoms with Gasteiger partial charge in [-0.15, -0.1) is 0 Å². The van der Waals surface area contributed by atoms with Crippen LogP contribution in [0.3, 0.4) is 0 Å². The number of methoxy groups -OCH3 is 2. The number of aromatic nitrogens is 2. The summed E-state index contributed by atoms with van der Waals surface area (Å²) in [4.78, 5) is 23.0. The molecule has 7 heteroatoms. The Hall–Kier alpha value is -2.12. The molecule has 0 radical (unpaired) electrons. The lowest BCUT2D eigenvalue weighted by atomic mass is 9.91. The van der Waals surface area contributed by atoms with Crippen LogP contribution in [0.1, 0.15) is 33.5 Å². The molecule has 1 aliphatic heterocycles. The SMILES string of the molecule is CCN(CC)CC(C)(C)CN1CCc2nc3cc(OC)c(OC)cc3c(=O)n2CC1. The van der Waals surface area contributed by atoms with Gasteiger partial charge in [0.05, 0.1) is 25.1 Å². The smallest absolute Gasteiger partial charge is 0.261 e. The Kier molecular flexibility index (Phi) is 7.03. The maximum absolute atomic E-state index is 13.2. The van der Waals surface area contributed by atoms with E-state index in [0.29, 0.717) is 28.9 Å². The van der Waals surface area contributed by atoms with Crippen LogP contribution in [0.25, 0.3) is 10.9 Å². The van der Waals surface area contributed by atoms with Crippen molar-refractivity contribution in [2.24, 2.45) is 5.41 Å². The summed E-state index contributed by atoms with van der Waals surface area (Å²) in [6.45, 7) is 15.8. The molecule has 0 amide bonds. The molecule has 7 nitrogen and oxygen atoms in total. The molecular weight excluding hydrogens is 380 g/mol. The van der Waals surface area contributed by atoms with E-state index < -0.39 is 0 Å². The Balaban J connectivity index is 1.83. The summed E-state index contributed by atoms with van der Waals surface area (Å²) in [6.07, 6.45) is 0.765. The molecule has 0 aliphatic carbocycles. The van der Waals surface area contributed by atoms with E-state index in [2.05, 4.69) is 37.5 Å². The highest BCUT2D eigenvalue weighted by atomic mass is 16.5. The minimum Gasteiger partial charge on any atom is -0.493 e. The van der Waals surface area contributed by atoms with Crippen molar-refractivity contribution in [3.05, 3.63) is 28.3 Å². The van der Waals surface area contributed by atoms with Crippen LogP contribution in [-0.2, 0) is 13.0 Å². The third-order valence-corrected chi connectivity index (χ3v) is 6.03. The van der Waals surface area contributed by atoms with Gasteiger partial charge < -0.3 is 19.3 Å². The Morgan fingerprint density at radius 3 is 2.37 bits per heavy atom. The molecule has 166 valence electrons. The lowest BCUT2D eigenvalue weighted by Crippen LogP contribution is -2.43. The molecule has 0 fully saturated rings. The zero-order valence-corrected chi connectivity index (χ0v) is 19.3. The van der Waals surface area contributed by atoms with E-state index in [4.69, 9.17) is 14.5 Å². The average molecular weight is 417 g/mol. The monoisotopic (exact) mass is 416 g/mol. The highest BCUT2D eigenvalue weighted by Gasteiger charge is 2.26. The number of hydrogen-bond donors (Lipinski definition) is 0. The van der Waals surface area contributed by atoms with Crippen molar-refractivity contribution in [3.63, 3.8) is 0 Å². The van der Waals surface area contributed by atoms with E-state index in [1.807, 2.05) is 4.57 Å². The Labute approximate surface area is 179 Å². The molecule has 1 aromatic heterocycles. The molecule has 0 unspecified atom stereocenters. The predicted octanol–water partition coefficient (Wildman–Crippen LogP) is 2.64. The maximum Gasteiger partial charge on any atom is 0.261 e. The topological polar surface area (TPSA) is 59.8 Å². The first-order valence-electron chi connectivity index (χ1n) is 10.9. The van der Waals surface area contributed by atoms with Crippen molar-refractivity contribution in [1.82, 2.24) is 19.4 Å². The molecule has 30 heavy (non-hydrogen) atoms. The van der Waals surface area contributed by atoms with Gasteiger partial charge in [0.2, 0.25) is 0 Å². The fourth-order valence-corrected chi connectivity index (χ4v) is 4.49. The second kappa shape index (κ2) is 9.35. The second-order valence-electron chi connectivity index (χ2n) is 8.86. The molecule has 0 spiro atoms. The fourth-order valence-electron chi connectivity index (χ4n) is 4.49. The Morgan fingerprint density at radius 1 is 1.07 bits per heavy atom. The van der Waals surface area contributed by atoms with E-state index in [0.717, 1.165) is 51.5 Å². The number of hydrogen-bond acceptors (Lipinski definition) is 6. The normalized spacial score (nSPS) is 15.3. The van der Waals surface area contributed by atoms with E-state index in [-0.39, 0.29) is 11.0 Å². The highest BCUT2D eigenvalue weighted by Crippen LogP contribution is 2.30. The van der Waals surface area contributed by atoms with Crippen LogP contribution in [0.5, 0.6) is 11.5 Å². The van der Waals surface area contributed by atoms with Crippen molar-refractivity contribution in [2.45, 2.75) is 40.7 Å². The zero-order chi connectivity index (χ0) is 21.9. The molecule has 0 saturated heterocycles. The largest absolute Gasteiger partial charge is 0.493 e. The molecule has 0 atom stereocenters. The van der Waals surface area contributed by atoms with Gasteiger partial charge in [0.1, 0.15) is 5.82 Å². The summed E-state index contributed by atoms with van der Waals surface area (Å²) in [5.41, 5.74) is 0.853. The standard InChI is InChI=1S/C23H36N4O3/c1-7-25(8-2)15-23(3,4)16-26-10-9-21-24-18-14-20(30-6)19(29-5)13-17(18)22(28)27(21)12-11-26/h13-14H,7-12,15-16H2,1-6H3. The summed E-state index contributed by atoms with van der Waals surface area (Å²) in [5.74, 6) is 2.00. The van der Waals surface area contributed by atoms with Crippen molar-refractivity contribution in [1.29, 1.82) is 0 Å². The van der Waals surface area contributed by atoms with E-state index in [9.17, 15) is 4.79 Å². The van der Waals surface area contributed by atoms with E-state index in [1.54, 1.807) is 26.4 Å². The van der Waals surface area contributed by atoms with Crippen molar-refractivity contribution >= 4 is 10.9 Å². The number of benzene rings is 1. The predicted molar refractivity (Wildman–Crippen MR) is 121 cm³/mol. The molecule has 3 rings (SSSR count). The maximum atomic E-state index is 13.2. The third kappa shape index (κ3) is 4.78. The summed E-state index contributed by atoms with van der Waals surface area (Å²) in [6, 6.07) is 3.54. The van der Waals surface area contributed by atoms with Gasteiger partial charge in [-0.25, -0.2) is 4.98 Å². The second-order valence-corrected chi connectivity index (χ2v) is 8.86. The average Bonchev–Trinajstić information content (AvgIpc) is 2.93. The van der Waals surface area contributed by atoms with Gasteiger partial charge in [-0.2, -0.15) is 0 Å². The minimum atomic E-state index is 0.000189. The first-order valence-corrected chi connectivity index (χ1v) is 10.9. The molecule has 1 aliphatic rings. The van der Waals surface area contributed by atoms with Crippen LogP contribution in [0.15, 0.2) is 16.9 Å². The van der Waals surface area contributed by atoms with Gasteiger partial charge in [-0.05, 0) is 24.6 Å². The number of fused-ring (bicyclic) bond motifs is 2. The summed E-state index contributed by atoms with van der Waals surface area (Å²) in [5, 5.41) is 0.576. The first-order chi connectivity index (χ1) is 14.3. The van der Waals surface area contributed by atoms with Crippen molar-refractivity contribution < 1.29 is 9.47 Å². The van der Waals surface area contributed by atoms with Gasteiger partial charge >= 0.3 is 0 Å². The van der Waals surface area contributed by atoms with Gasteiger partial charge in [-0.1, -0.05) is 27.7 Å². The quantitative estimate of drug-likeness (QED) is 0.659. The van der Waals surface area contributed by atoms with Crippen LogP contribution in [-0.4, -0.2) is 72.8 Å². The first kappa shape index (κ1) is 22.6. The van der Waals surface area contributed by atoms with Crippen LogP contribution in [0.4, 0.5) is 0 Å². The van der Waals surface area contributed by atoms with Crippen LogP contribution >= 0.6 is 0 Å². The highest BCUT2D eigenvalue weighted by molar-refractivity contribution is 5.82. The van der Waals surface area contributed by atoms with E-state index in [1.165, 1.54) is 0 Å². The molecule has 0 saturated carbocycles. The molecule has 0 bridgehead atoms. The van der Waals surface area contributed by atoms with Crippen LogP contribution in [0, 0.1) is 5.41 Å². The number of ether oxygens (including phenoxy) is 2. The Morgan fingerprint density at radius 2 is 1.73 bits per heavy atom. The number of nitrogens with zero attached hydrogens (tertiary/aromatic N) is 4. The minimum absolute atomic E-state index is 0.000189. The van der Waals surface area contributed by atoms with Gasteiger partial charge in [0, 0.05) is 45.2 Å². The van der Waals surface area contributed by atoms with Gasteiger partial charge in [0.15, 0.2) is 11.5 Å². The Bertz CT molecular complexity index is 934. The molecule has 1 aromatic carbocycles. The van der Waals surface area contributed by atoms with E-state index >= 15 is 0 Å².